The van der Waals surface area contributed by atoms with E-state index in [9.17, 15) is 13.6 Å². The van der Waals surface area contributed by atoms with Gasteiger partial charge in [0.15, 0.2) is 0 Å². The summed E-state index contributed by atoms with van der Waals surface area (Å²) in [6, 6.07) is 3.16. The van der Waals surface area contributed by atoms with Gasteiger partial charge >= 0.3 is 0 Å². The molecular weight excluding hydrogens is 288 g/mol. The van der Waals surface area contributed by atoms with E-state index in [2.05, 4.69) is 5.32 Å². The molecule has 0 aliphatic rings. The van der Waals surface area contributed by atoms with Crippen molar-refractivity contribution in [2.75, 3.05) is 27.2 Å². The summed E-state index contributed by atoms with van der Waals surface area (Å²) in [5.74, 6) is -1.47. The molecule has 0 radical (unpaired) electrons. The Morgan fingerprint density at radius 3 is 2.35 bits per heavy atom. The Labute approximate surface area is 123 Å². The number of hydrogen-bond donors (Lipinski definition) is 2. The summed E-state index contributed by atoms with van der Waals surface area (Å²) in [4.78, 5) is 13.0. The molecule has 1 rings (SSSR count). The minimum atomic E-state index is -0.619. The smallest absolute Gasteiger partial charge is 0.221 e. The Morgan fingerprint density at radius 2 is 1.90 bits per heavy atom. The Bertz CT molecular complexity index is 423. The number of hydrogen-bond acceptors (Lipinski definition) is 3. The molecule has 1 aromatic rings. The first-order valence-electron chi connectivity index (χ1n) is 6.04. The number of carbonyl (C=O) groups excluding carboxylic acids is 1. The lowest BCUT2D eigenvalue weighted by Gasteiger charge is -2.25. The first kappa shape index (κ1) is 18.8. The molecule has 1 amide bonds. The Hall–Kier alpha value is -1.24. The second-order valence-corrected chi connectivity index (χ2v) is 4.46. The zero-order valence-corrected chi connectivity index (χ0v) is 12.3. The third kappa shape index (κ3) is 5.03. The molecule has 7 heteroatoms. The van der Waals surface area contributed by atoms with Gasteiger partial charge in [0, 0.05) is 25.1 Å². The van der Waals surface area contributed by atoms with Crippen LogP contribution < -0.4 is 11.1 Å². The van der Waals surface area contributed by atoms with Crippen molar-refractivity contribution in [1.29, 1.82) is 0 Å². The van der Waals surface area contributed by atoms with E-state index >= 15 is 0 Å². The molecular formula is C13H20ClF2N3O. The van der Waals surface area contributed by atoms with E-state index in [1.807, 2.05) is 0 Å². The minimum absolute atomic E-state index is 0. The van der Waals surface area contributed by atoms with Gasteiger partial charge in [-0.25, -0.2) is 8.78 Å². The van der Waals surface area contributed by atoms with Crippen LogP contribution in [0, 0.1) is 11.6 Å². The Kier molecular flexibility index (Phi) is 8.29. The molecule has 4 nitrogen and oxygen atoms in total. The first-order chi connectivity index (χ1) is 8.97. The van der Waals surface area contributed by atoms with Gasteiger partial charge in [-0.2, -0.15) is 0 Å². The topological polar surface area (TPSA) is 58.4 Å². The average molecular weight is 308 g/mol. The number of benzene rings is 1. The van der Waals surface area contributed by atoms with Crippen LogP contribution in [0.1, 0.15) is 18.0 Å². The maximum absolute atomic E-state index is 13.7. The van der Waals surface area contributed by atoms with E-state index < -0.39 is 17.7 Å². The highest BCUT2D eigenvalue weighted by atomic mass is 35.5. The van der Waals surface area contributed by atoms with Gasteiger partial charge < -0.3 is 16.0 Å². The standard InChI is InChI=1S/C13H19F2N3O.ClH/c1-18(2)11(8-17-12(19)6-7-16)13-9(14)4-3-5-10(13)15;/h3-5,11H,6-8,16H2,1-2H3,(H,17,19);1H. The largest absolute Gasteiger partial charge is 0.354 e. The highest BCUT2D eigenvalue weighted by Gasteiger charge is 2.22. The van der Waals surface area contributed by atoms with Crippen molar-refractivity contribution in [3.05, 3.63) is 35.4 Å². The van der Waals surface area contributed by atoms with Crippen molar-refractivity contribution in [3.8, 4) is 0 Å². The monoisotopic (exact) mass is 307 g/mol. The van der Waals surface area contributed by atoms with E-state index in [4.69, 9.17) is 5.73 Å². The number of nitrogens with one attached hydrogen (secondary N) is 1. The van der Waals surface area contributed by atoms with Crippen LogP contribution in [-0.4, -0.2) is 38.0 Å². The number of nitrogens with zero attached hydrogens (tertiary/aromatic N) is 1. The summed E-state index contributed by atoms with van der Waals surface area (Å²) in [5.41, 5.74) is 5.22. The molecule has 0 saturated carbocycles. The summed E-state index contributed by atoms with van der Waals surface area (Å²) >= 11 is 0. The lowest BCUT2D eigenvalue weighted by Crippen LogP contribution is -2.36. The van der Waals surface area contributed by atoms with Crippen LogP contribution in [-0.2, 0) is 4.79 Å². The van der Waals surface area contributed by atoms with Gasteiger partial charge in [0.1, 0.15) is 11.6 Å². The molecule has 0 aliphatic carbocycles. The third-order valence-corrected chi connectivity index (χ3v) is 2.82. The van der Waals surface area contributed by atoms with Gasteiger partial charge in [-0.15, -0.1) is 12.4 Å². The zero-order valence-electron chi connectivity index (χ0n) is 11.5. The van der Waals surface area contributed by atoms with Crippen molar-refractivity contribution in [2.24, 2.45) is 5.73 Å². The number of halogens is 3. The number of amides is 1. The van der Waals surface area contributed by atoms with Crippen LogP contribution in [0.2, 0.25) is 0 Å². The van der Waals surface area contributed by atoms with Gasteiger partial charge in [0.2, 0.25) is 5.91 Å². The second kappa shape index (κ2) is 8.84. The molecule has 114 valence electrons. The molecule has 1 aromatic carbocycles. The van der Waals surface area contributed by atoms with E-state index in [1.54, 1.807) is 19.0 Å². The average Bonchev–Trinajstić information content (AvgIpc) is 2.32. The predicted molar refractivity (Wildman–Crippen MR) is 76.7 cm³/mol. The molecule has 0 fully saturated rings. The fourth-order valence-corrected chi connectivity index (χ4v) is 1.80. The lowest BCUT2D eigenvalue weighted by molar-refractivity contribution is -0.121. The lowest BCUT2D eigenvalue weighted by atomic mass is 10.0. The number of likely N-dealkylation sites (N-methyl/N-ethyl adjacent to an activating group) is 1. The molecule has 0 saturated heterocycles. The normalized spacial score (nSPS) is 11.9. The molecule has 20 heavy (non-hydrogen) atoms. The molecule has 1 atom stereocenters. The fourth-order valence-electron chi connectivity index (χ4n) is 1.80. The summed E-state index contributed by atoms with van der Waals surface area (Å²) in [6.45, 7) is 0.371. The highest BCUT2D eigenvalue weighted by Crippen LogP contribution is 2.23. The Morgan fingerprint density at radius 1 is 1.35 bits per heavy atom. The van der Waals surface area contributed by atoms with Crippen molar-refractivity contribution >= 4 is 18.3 Å². The van der Waals surface area contributed by atoms with Gasteiger partial charge in [-0.1, -0.05) is 6.07 Å². The van der Waals surface area contributed by atoms with Crippen LogP contribution in [0.5, 0.6) is 0 Å². The molecule has 1 unspecified atom stereocenters. The summed E-state index contributed by atoms with van der Waals surface area (Å²) < 4.78 is 27.5. The van der Waals surface area contributed by atoms with Crippen molar-refractivity contribution in [2.45, 2.75) is 12.5 Å². The van der Waals surface area contributed by atoms with Crippen LogP contribution in [0.15, 0.2) is 18.2 Å². The number of rotatable bonds is 6. The van der Waals surface area contributed by atoms with Crippen molar-refractivity contribution in [1.82, 2.24) is 10.2 Å². The molecule has 0 heterocycles. The molecule has 0 bridgehead atoms. The van der Waals surface area contributed by atoms with Gasteiger partial charge in [-0.3, -0.25) is 4.79 Å². The van der Waals surface area contributed by atoms with Gasteiger partial charge in [0.05, 0.1) is 6.04 Å². The van der Waals surface area contributed by atoms with Crippen molar-refractivity contribution in [3.63, 3.8) is 0 Å². The third-order valence-electron chi connectivity index (χ3n) is 2.82. The maximum atomic E-state index is 13.7. The maximum Gasteiger partial charge on any atom is 0.221 e. The highest BCUT2D eigenvalue weighted by molar-refractivity contribution is 5.85. The van der Waals surface area contributed by atoms with E-state index in [0.717, 1.165) is 0 Å². The number of carbonyl (C=O) groups is 1. The van der Waals surface area contributed by atoms with Gasteiger partial charge in [-0.05, 0) is 26.2 Å². The quantitative estimate of drug-likeness (QED) is 0.836. The number of nitrogens with two attached hydrogens (primary N) is 1. The minimum Gasteiger partial charge on any atom is -0.354 e. The van der Waals surface area contributed by atoms with Crippen molar-refractivity contribution < 1.29 is 13.6 Å². The second-order valence-electron chi connectivity index (χ2n) is 4.46. The van der Waals surface area contributed by atoms with Crippen LogP contribution in [0.4, 0.5) is 8.78 Å². The van der Waals surface area contributed by atoms with Crippen LogP contribution in [0.25, 0.3) is 0 Å². The molecule has 0 aromatic heterocycles. The fraction of sp³-hybridized carbons (Fsp3) is 0.462. The molecule has 0 spiro atoms. The Balaban J connectivity index is 0.00000361. The van der Waals surface area contributed by atoms with Crippen LogP contribution in [0.3, 0.4) is 0 Å². The van der Waals surface area contributed by atoms with E-state index in [-0.39, 0.29) is 43.4 Å². The molecule has 0 aliphatic heterocycles. The first-order valence-corrected chi connectivity index (χ1v) is 6.04. The summed E-state index contributed by atoms with van der Waals surface area (Å²) in [5, 5.41) is 2.62. The predicted octanol–water partition coefficient (Wildman–Crippen LogP) is 1.45. The van der Waals surface area contributed by atoms with E-state index in [1.165, 1.54) is 18.2 Å². The zero-order chi connectivity index (χ0) is 14.4. The summed E-state index contributed by atoms with van der Waals surface area (Å²) in [7, 11) is 3.40. The SMILES string of the molecule is CN(C)C(CNC(=O)CCN)c1c(F)cccc1F.Cl. The molecule has 3 N–H and O–H groups in total. The van der Waals surface area contributed by atoms with Crippen LogP contribution >= 0.6 is 12.4 Å². The van der Waals surface area contributed by atoms with Gasteiger partial charge in [0.25, 0.3) is 0 Å². The summed E-state index contributed by atoms with van der Waals surface area (Å²) in [6.07, 6.45) is 0.194. The van der Waals surface area contributed by atoms with E-state index in [0.29, 0.717) is 0 Å².